The first-order valence-electron chi connectivity index (χ1n) is 8.23. The minimum atomic E-state index is -0.542. The molecule has 2 aromatic rings. The van der Waals surface area contributed by atoms with Crippen molar-refractivity contribution in [2.75, 3.05) is 39.8 Å². The van der Waals surface area contributed by atoms with Crippen LogP contribution in [-0.2, 0) is 6.42 Å². The first-order chi connectivity index (χ1) is 12.6. The molecule has 1 saturated heterocycles. The lowest BCUT2D eigenvalue weighted by Crippen LogP contribution is -2.45. The lowest BCUT2D eigenvalue weighted by atomic mass is 10.2. The second kappa shape index (κ2) is 8.54. The van der Waals surface area contributed by atoms with Gasteiger partial charge in [-0.25, -0.2) is 14.0 Å². The Hall–Kier alpha value is -2.07. The van der Waals surface area contributed by atoms with Crippen LogP contribution in [0.2, 0.25) is 5.02 Å². The highest BCUT2D eigenvalue weighted by Crippen LogP contribution is 2.22. The quantitative estimate of drug-likeness (QED) is 0.462. The van der Waals surface area contributed by atoms with Gasteiger partial charge in [0.25, 0.3) is 0 Å². The fourth-order valence-electron chi connectivity index (χ4n) is 2.70. The lowest BCUT2D eigenvalue weighted by Gasteiger charge is -2.32. The van der Waals surface area contributed by atoms with E-state index < -0.39 is 5.82 Å². The van der Waals surface area contributed by atoms with E-state index >= 15 is 0 Å². The highest BCUT2D eigenvalue weighted by Gasteiger charge is 2.19. The molecule has 1 aliphatic rings. The molecule has 0 saturated carbocycles. The standard InChI is InChI=1S/C16H20ClFN6O2/c1-23-6-8-24(9-7-23)5-4-14-15(22-26-21-14)16(20-25)19-11-2-3-13(18)12(17)10-11/h2-3,10,25H,4-9H2,1H3,(H,19,20). The molecule has 2 heterocycles. The Balaban J connectivity index is 1.72. The van der Waals surface area contributed by atoms with E-state index in [-0.39, 0.29) is 10.9 Å². The molecule has 10 heteroatoms. The zero-order chi connectivity index (χ0) is 18.5. The summed E-state index contributed by atoms with van der Waals surface area (Å²) in [6.45, 7) is 4.84. The molecule has 140 valence electrons. The molecule has 1 aromatic heterocycles. The minimum absolute atomic E-state index is 0.0577. The van der Waals surface area contributed by atoms with Crippen LogP contribution in [0.3, 0.4) is 0 Å². The number of hydroxylamine groups is 1. The fraction of sp³-hybridized carbons (Fsp3) is 0.438. The number of benzene rings is 1. The van der Waals surface area contributed by atoms with Gasteiger partial charge in [0.05, 0.1) is 10.7 Å². The molecule has 1 aliphatic heterocycles. The molecular formula is C16H20ClFN6O2. The molecule has 3 rings (SSSR count). The maximum absolute atomic E-state index is 13.3. The van der Waals surface area contributed by atoms with Crippen molar-refractivity contribution >= 4 is 23.1 Å². The van der Waals surface area contributed by atoms with Crippen molar-refractivity contribution in [2.24, 2.45) is 4.99 Å². The zero-order valence-corrected chi connectivity index (χ0v) is 15.1. The first kappa shape index (κ1) is 18.7. The van der Waals surface area contributed by atoms with Gasteiger partial charge >= 0.3 is 0 Å². The van der Waals surface area contributed by atoms with Gasteiger partial charge in [-0.05, 0) is 30.4 Å². The summed E-state index contributed by atoms with van der Waals surface area (Å²) >= 11 is 5.76. The number of likely N-dealkylation sites (N-methyl/N-ethyl adjacent to an activating group) is 1. The number of nitrogens with one attached hydrogen (secondary N) is 1. The molecule has 1 aromatic carbocycles. The summed E-state index contributed by atoms with van der Waals surface area (Å²) in [5, 5.41) is 17.1. The van der Waals surface area contributed by atoms with E-state index in [1.807, 2.05) is 5.48 Å². The number of hydrogen-bond acceptors (Lipinski definition) is 7. The summed E-state index contributed by atoms with van der Waals surface area (Å²) in [4.78, 5) is 8.83. The van der Waals surface area contributed by atoms with Crippen LogP contribution in [0.4, 0.5) is 10.1 Å². The molecule has 0 aliphatic carbocycles. The van der Waals surface area contributed by atoms with Crippen molar-refractivity contribution in [2.45, 2.75) is 6.42 Å². The number of rotatable bonds is 5. The molecule has 2 N–H and O–H groups in total. The van der Waals surface area contributed by atoms with Crippen LogP contribution < -0.4 is 5.48 Å². The van der Waals surface area contributed by atoms with Crippen molar-refractivity contribution in [3.8, 4) is 0 Å². The van der Waals surface area contributed by atoms with Crippen molar-refractivity contribution in [3.05, 3.63) is 40.4 Å². The molecule has 8 nitrogen and oxygen atoms in total. The Labute approximate surface area is 155 Å². The normalized spacial score (nSPS) is 16.8. The number of nitrogens with zero attached hydrogens (tertiary/aromatic N) is 5. The molecule has 0 atom stereocenters. The third-order valence-corrected chi connectivity index (χ3v) is 4.58. The van der Waals surface area contributed by atoms with Crippen molar-refractivity contribution in [1.29, 1.82) is 0 Å². The number of hydrogen-bond donors (Lipinski definition) is 2. The molecule has 0 radical (unpaired) electrons. The molecule has 26 heavy (non-hydrogen) atoms. The smallest absolute Gasteiger partial charge is 0.181 e. The molecule has 0 amide bonds. The number of amidine groups is 1. The van der Waals surface area contributed by atoms with Gasteiger partial charge in [0, 0.05) is 39.1 Å². The summed E-state index contributed by atoms with van der Waals surface area (Å²) in [5.74, 6) is -0.484. The van der Waals surface area contributed by atoms with E-state index in [1.165, 1.54) is 18.2 Å². The van der Waals surface area contributed by atoms with Gasteiger partial charge in [0.1, 0.15) is 11.5 Å². The largest absolute Gasteiger partial charge is 0.304 e. The molecule has 0 unspecified atom stereocenters. The Kier molecular flexibility index (Phi) is 6.15. The summed E-state index contributed by atoms with van der Waals surface area (Å²) in [7, 11) is 2.11. The average molecular weight is 383 g/mol. The average Bonchev–Trinajstić information content (AvgIpc) is 3.10. The van der Waals surface area contributed by atoms with E-state index in [1.54, 1.807) is 0 Å². The van der Waals surface area contributed by atoms with E-state index in [2.05, 4.69) is 32.2 Å². The molecule has 0 spiro atoms. The Morgan fingerprint density at radius 2 is 2.12 bits per heavy atom. The highest BCUT2D eigenvalue weighted by molar-refractivity contribution is 6.31. The predicted octanol–water partition coefficient (Wildman–Crippen LogP) is 1.71. The maximum atomic E-state index is 13.3. The van der Waals surface area contributed by atoms with Gasteiger partial charge in [-0.3, -0.25) is 10.7 Å². The van der Waals surface area contributed by atoms with Crippen molar-refractivity contribution in [3.63, 3.8) is 0 Å². The summed E-state index contributed by atoms with van der Waals surface area (Å²) in [6, 6.07) is 3.99. The van der Waals surface area contributed by atoms with Gasteiger partial charge < -0.3 is 9.80 Å². The monoisotopic (exact) mass is 382 g/mol. The van der Waals surface area contributed by atoms with E-state index in [0.717, 1.165) is 32.7 Å². The van der Waals surface area contributed by atoms with Crippen LogP contribution in [0.25, 0.3) is 0 Å². The fourth-order valence-corrected chi connectivity index (χ4v) is 2.88. The van der Waals surface area contributed by atoms with Crippen molar-refractivity contribution < 1.29 is 14.2 Å². The highest BCUT2D eigenvalue weighted by atomic mass is 35.5. The Morgan fingerprint density at radius 3 is 2.81 bits per heavy atom. The second-order valence-corrected chi connectivity index (χ2v) is 6.53. The lowest BCUT2D eigenvalue weighted by molar-refractivity contribution is 0.155. The molecule has 0 bridgehead atoms. The first-order valence-corrected chi connectivity index (χ1v) is 8.61. The Bertz CT molecular complexity index is 776. The number of aliphatic imine (C=N–C) groups is 1. The summed E-state index contributed by atoms with van der Waals surface area (Å²) < 4.78 is 18.1. The van der Waals surface area contributed by atoms with Gasteiger partial charge in [0.15, 0.2) is 11.5 Å². The van der Waals surface area contributed by atoms with Crippen LogP contribution in [0.1, 0.15) is 11.4 Å². The van der Waals surface area contributed by atoms with Gasteiger partial charge in [-0.1, -0.05) is 16.8 Å². The molecule has 1 fully saturated rings. The number of halogens is 2. The molecular weight excluding hydrogens is 363 g/mol. The van der Waals surface area contributed by atoms with Crippen LogP contribution in [0, 0.1) is 5.82 Å². The Morgan fingerprint density at radius 1 is 1.35 bits per heavy atom. The van der Waals surface area contributed by atoms with Gasteiger partial charge in [-0.15, -0.1) is 0 Å². The van der Waals surface area contributed by atoms with E-state index in [4.69, 9.17) is 16.2 Å². The van der Waals surface area contributed by atoms with Gasteiger partial charge in [0.2, 0.25) is 0 Å². The third kappa shape index (κ3) is 4.55. The van der Waals surface area contributed by atoms with E-state index in [9.17, 15) is 9.60 Å². The van der Waals surface area contributed by atoms with Crippen LogP contribution in [-0.4, -0.2) is 70.9 Å². The summed E-state index contributed by atoms with van der Waals surface area (Å²) in [6.07, 6.45) is 0.605. The SMILES string of the molecule is CN1CCN(CCc2nonc2C(=Nc2ccc(F)c(Cl)c2)NO)CC1. The minimum Gasteiger partial charge on any atom is -0.304 e. The third-order valence-electron chi connectivity index (χ3n) is 4.29. The van der Waals surface area contributed by atoms with Crippen LogP contribution in [0.5, 0.6) is 0 Å². The van der Waals surface area contributed by atoms with Crippen LogP contribution >= 0.6 is 11.6 Å². The second-order valence-electron chi connectivity index (χ2n) is 6.13. The number of piperazine rings is 1. The topological polar surface area (TPSA) is 90.0 Å². The summed E-state index contributed by atoms with van der Waals surface area (Å²) in [5.41, 5.74) is 3.25. The van der Waals surface area contributed by atoms with Gasteiger partial charge in [-0.2, -0.15) is 0 Å². The predicted molar refractivity (Wildman–Crippen MR) is 94.5 cm³/mol. The van der Waals surface area contributed by atoms with Crippen LogP contribution in [0.15, 0.2) is 27.8 Å². The van der Waals surface area contributed by atoms with Crippen molar-refractivity contribution in [1.82, 2.24) is 25.6 Å². The zero-order valence-electron chi connectivity index (χ0n) is 14.3. The van der Waals surface area contributed by atoms with E-state index in [0.29, 0.717) is 23.5 Å². The maximum Gasteiger partial charge on any atom is 0.181 e. The number of aromatic nitrogens is 2.